The standard InChI is InChI=1S/C13H16N2O4S/c1-10-13(6-12(9-16)19-10)20(17,18)15(2)8-11-4-3-5-14-7-11/h3-7,16H,8-9H2,1-2H3. The summed E-state index contributed by atoms with van der Waals surface area (Å²) in [6.07, 6.45) is 3.25. The normalized spacial score (nSPS) is 12.0. The number of sulfonamides is 1. The molecule has 2 aromatic rings. The zero-order valence-electron chi connectivity index (χ0n) is 11.3. The lowest BCUT2D eigenvalue weighted by Crippen LogP contribution is -2.26. The highest BCUT2D eigenvalue weighted by atomic mass is 32.2. The third-order valence-electron chi connectivity index (χ3n) is 2.90. The minimum atomic E-state index is -3.66. The van der Waals surface area contributed by atoms with Crippen LogP contribution in [0, 0.1) is 6.92 Å². The number of rotatable bonds is 5. The molecular weight excluding hydrogens is 280 g/mol. The van der Waals surface area contributed by atoms with Gasteiger partial charge in [0.15, 0.2) is 0 Å². The van der Waals surface area contributed by atoms with E-state index in [1.165, 1.54) is 17.4 Å². The van der Waals surface area contributed by atoms with E-state index in [4.69, 9.17) is 9.52 Å². The van der Waals surface area contributed by atoms with Crippen LogP contribution in [0.4, 0.5) is 0 Å². The van der Waals surface area contributed by atoms with Gasteiger partial charge in [-0.05, 0) is 18.6 Å². The molecule has 0 aromatic carbocycles. The highest BCUT2D eigenvalue weighted by Gasteiger charge is 2.26. The summed E-state index contributed by atoms with van der Waals surface area (Å²) in [5.74, 6) is 0.503. The van der Waals surface area contributed by atoms with E-state index < -0.39 is 10.0 Å². The predicted octanol–water partition coefficient (Wildman–Crippen LogP) is 1.30. The topological polar surface area (TPSA) is 83.6 Å². The van der Waals surface area contributed by atoms with E-state index in [1.54, 1.807) is 31.5 Å². The molecule has 0 saturated heterocycles. The Morgan fingerprint density at radius 3 is 2.75 bits per heavy atom. The van der Waals surface area contributed by atoms with Crippen molar-refractivity contribution in [1.82, 2.24) is 9.29 Å². The van der Waals surface area contributed by atoms with Crippen LogP contribution in [0.25, 0.3) is 0 Å². The van der Waals surface area contributed by atoms with Crippen LogP contribution in [0.1, 0.15) is 17.1 Å². The van der Waals surface area contributed by atoms with Gasteiger partial charge in [-0.1, -0.05) is 6.07 Å². The Kier molecular flexibility index (Phi) is 4.22. The summed E-state index contributed by atoms with van der Waals surface area (Å²) >= 11 is 0. The third-order valence-corrected chi connectivity index (χ3v) is 4.81. The molecule has 0 amide bonds. The summed E-state index contributed by atoms with van der Waals surface area (Å²) in [6.45, 7) is 1.45. The Morgan fingerprint density at radius 2 is 2.20 bits per heavy atom. The molecule has 0 radical (unpaired) electrons. The first-order chi connectivity index (χ1) is 9.45. The largest absolute Gasteiger partial charge is 0.462 e. The van der Waals surface area contributed by atoms with Crippen molar-refractivity contribution in [2.24, 2.45) is 0 Å². The molecule has 0 aliphatic carbocycles. The minimum absolute atomic E-state index is 0.0768. The summed E-state index contributed by atoms with van der Waals surface area (Å²) in [4.78, 5) is 4.03. The molecule has 1 N–H and O–H groups in total. The molecule has 108 valence electrons. The second-order valence-corrected chi connectivity index (χ2v) is 6.43. The van der Waals surface area contributed by atoms with Crippen molar-refractivity contribution in [3.8, 4) is 0 Å². The summed E-state index contributed by atoms with van der Waals surface area (Å²) in [5, 5.41) is 9.00. The first kappa shape index (κ1) is 14.7. The predicted molar refractivity (Wildman–Crippen MR) is 72.3 cm³/mol. The quantitative estimate of drug-likeness (QED) is 0.899. The molecule has 0 unspecified atom stereocenters. The molecule has 0 spiro atoms. The lowest BCUT2D eigenvalue weighted by atomic mass is 10.3. The Balaban J connectivity index is 2.27. The molecule has 20 heavy (non-hydrogen) atoms. The molecule has 0 aliphatic rings. The second-order valence-electron chi connectivity index (χ2n) is 4.41. The van der Waals surface area contributed by atoms with E-state index in [2.05, 4.69) is 4.98 Å². The summed E-state index contributed by atoms with van der Waals surface area (Å²) in [5.41, 5.74) is 0.794. The van der Waals surface area contributed by atoms with Crippen molar-refractivity contribution >= 4 is 10.0 Å². The lowest BCUT2D eigenvalue weighted by Gasteiger charge is -2.16. The first-order valence-electron chi connectivity index (χ1n) is 6.00. The molecule has 6 nitrogen and oxygen atoms in total. The number of aromatic nitrogens is 1. The average molecular weight is 296 g/mol. The van der Waals surface area contributed by atoms with Gasteiger partial charge in [0.05, 0.1) is 0 Å². The van der Waals surface area contributed by atoms with Crippen LogP contribution >= 0.6 is 0 Å². The molecule has 7 heteroatoms. The number of nitrogens with zero attached hydrogens (tertiary/aromatic N) is 2. The minimum Gasteiger partial charge on any atom is -0.462 e. The smallest absolute Gasteiger partial charge is 0.246 e. The molecule has 2 heterocycles. The number of aliphatic hydroxyl groups is 1. The Labute approximate surface area is 117 Å². The van der Waals surface area contributed by atoms with E-state index >= 15 is 0 Å². The van der Waals surface area contributed by atoms with Crippen LogP contribution in [0.5, 0.6) is 0 Å². The van der Waals surface area contributed by atoms with Gasteiger partial charge in [-0.2, -0.15) is 4.31 Å². The fourth-order valence-electron chi connectivity index (χ4n) is 1.86. The molecule has 2 aromatic heterocycles. The van der Waals surface area contributed by atoms with E-state index in [1.807, 2.05) is 0 Å². The Morgan fingerprint density at radius 1 is 1.45 bits per heavy atom. The van der Waals surface area contributed by atoms with E-state index in [0.29, 0.717) is 0 Å². The highest BCUT2D eigenvalue weighted by molar-refractivity contribution is 7.89. The van der Waals surface area contributed by atoms with E-state index in [-0.39, 0.29) is 29.6 Å². The van der Waals surface area contributed by atoms with Gasteiger partial charge < -0.3 is 9.52 Å². The fraction of sp³-hybridized carbons (Fsp3) is 0.308. The number of aliphatic hydroxyl groups excluding tert-OH is 1. The van der Waals surface area contributed by atoms with Gasteiger partial charge in [0.25, 0.3) is 0 Å². The van der Waals surface area contributed by atoms with Gasteiger partial charge in [-0.25, -0.2) is 8.42 Å². The van der Waals surface area contributed by atoms with Gasteiger partial charge in [0.2, 0.25) is 10.0 Å². The fourth-order valence-corrected chi connectivity index (χ4v) is 3.20. The van der Waals surface area contributed by atoms with Crippen molar-refractivity contribution in [3.63, 3.8) is 0 Å². The average Bonchev–Trinajstić information content (AvgIpc) is 2.82. The van der Waals surface area contributed by atoms with Crippen LogP contribution in [-0.2, 0) is 23.2 Å². The summed E-state index contributed by atoms with van der Waals surface area (Å²) in [7, 11) is -2.16. The van der Waals surface area contributed by atoms with E-state index in [0.717, 1.165) is 5.56 Å². The maximum absolute atomic E-state index is 12.5. The maximum atomic E-state index is 12.5. The first-order valence-corrected chi connectivity index (χ1v) is 7.44. The molecule has 0 atom stereocenters. The van der Waals surface area contributed by atoms with E-state index in [9.17, 15) is 8.42 Å². The lowest BCUT2D eigenvalue weighted by molar-refractivity contribution is 0.244. The maximum Gasteiger partial charge on any atom is 0.246 e. The van der Waals surface area contributed by atoms with Gasteiger partial charge in [0, 0.05) is 32.1 Å². The summed E-state index contributed by atoms with van der Waals surface area (Å²) in [6, 6.07) is 4.91. The number of hydrogen-bond acceptors (Lipinski definition) is 5. The van der Waals surface area contributed by atoms with Crippen molar-refractivity contribution in [2.45, 2.75) is 25.0 Å². The van der Waals surface area contributed by atoms with Gasteiger partial charge in [-0.3, -0.25) is 4.98 Å². The number of hydrogen-bond donors (Lipinski definition) is 1. The number of pyridine rings is 1. The zero-order chi connectivity index (χ0) is 14.8. The molecule has 0 fully saturated rings. The van der Waals surface area contributed by atoms with Crippen LogP contribution in [0.3, 0.4) is 0 Å². The van der Waals surface area contributed by atoms with Crippen LogP contribution in [0.15, 0.2) is 39.9 Å². The van der Waals surface area contributed by atoms with Crippen LogP contribution in [-0.4, -0.2) is 29.9 Å². The summed E-state index contributed by atoms with van der Waals surface area (Å²) < 4.78 is 31.3. The third kappa shape index (κ3) is 2.90. The number of furan rings is 1. The van der Waals surface area contributed by atoms with Crippen molar-refractivity contribution in [2.75, 3.05) is 7.05 Å². The highest BCUT2D eigenvalue weighted by Crippen LogP contribution is 2.23. The Hall–Kier alpha value is -1.70. The van der Waals surface area contributed by atoms with Crippen molar-refractivity contribution in [1.29, 1.82) is 0 Å². The monoisotopic (exact) mass is 296 g/mol. The second kappa shape index (κ2) is 5.74. The van der Waals surface area contributed by atoms with Crippen LogP contribution in [0.2, 0.25) is 0 Å². The van der Waals surface area contributed by atoms with Gasteiger partial charge >= 0.3 is 0 Å². The van der Waals surface area contributed by atoms with Crippen molar-refractivity contribution < 1.29 is 17.9 Å². The SMILES string of the molecule is Cc1oc(CO)cc1S(=O)(=O)N(C)Cc1cccnc1. The van der Waals surface area contributed by atoms with Gasteiger partial charge in [-0.15, -0.1) is 0 Å². The molecule has 2 rings (SSSR count). The van der Waals surface area contributed by atoms with Gasteiger partial charge in [0.1, 0.15) is 23.0 Å². The molecular formula is C13H16N2O4S. The molecule has 0 aliphatic heterocycles. The van der Waals surface area contributed by atoms with Crippen molar-refractivity contribution in [3.05, 3.63) is 47.7 Å². The van der Waals surface area contributed by atoms with Crippen LogP contribution < -0.4 is 0 Å². The molecule has 0 saturated carbocycles. The number of aryl methyl sites for hydroxylation is 1. The zero-order valence-corrected chi connectivity index (χ0v) is 12.1. The Bertz CT molecular complexity index is 680. The molecule has 0 bridgehead atoms.